The number of hydrogen-bond acceptors (Lipinski definition) is 3. The molecule has 3 nitrogen and oxygen atoms in total. The molecular formula is C14H21ClFN3. The van der Waals surface area contributed by atoms with Crippen molar-refractivity contribution in [3.63, 3.8) is 0 Å². The average molecular weight is 286 g/mol. The van der Waals surface area contributed by atoms with Gasteiger partial charge in [0.25, 0.3) is 0 Å². The van der Waals surface area contributed by atoms with Crippen molar-refractivity contribution >= 4 is 11.6 Å². The first kappa shape index (κ1) is 14.7. The van der Waals surface area contributed by atoms with Crippen LogP contribution in [0.1, 0.15) is 5.56 Å². The van der Waals surface area contributed by atoms with Crippen molar-refractivity contribution in [2.75, 3.05) is 46.3 Å². The summed E-state index contributed by atoms with van der Waals surface area (Å²) in [6.07, 6.45) is 0. The topological polar surface area (TPSA) is 18.5 Å². The molecule has 0 aromatic heterocycles. The first-order chi connectivity index (χ1) is 9.20. The first-order valence-electron chi connectivity index (χ1n) is 6.73. The molecule has 1 aliphatic rings. The number of benzene rings is 1. The molecule has 0 amide bonds. The summed E-state index contributed by atoms with van der Waals surface area (Å²) in [6, 6.07) is 4.88. The Kier molecular flexibility index (Phi) is 5.58. The molecule has 1 heterocycles. The van der Waals surface area contributed by atoms with E-state index in [0.29, 0.717) is 17.1 Å². The summed E-state index contributed by atoms with van der Waals surface area (Å²) in [6.45, 7) is 6.69. The fourth-order valence-electron chi connectivity index (χ4n) is 2.35. The minimum Gasteiger partial charge on any atom is -0.318 e. The van der Waals surface area contributed by atoms with Gasteiger partial charge in [0.1, 0.15) is 5.82 Å². The fraction of sp³-hybridized carbons (Fsp3) is 0.571. The van der Waals surface area contributed by atoms with Gasteiger partial charge in [0.15, 0.2) is 0 Å². The quantitative estimate of drug-likeness (QED) is 0.890. The smallest absolute Gasteiger partial charge is 0.129 e. The Hall–Kier alpha value is -0.680. The molecule has 1 fully saturated rings. The van der Waals surface area contributed by atoms with Crippen molar-refractivity contribution in [2.24, 2.45) is 0 Å². The second-order valence-electron chi connectivity index (χ2n) is 4.92. The largest absolute Gasteiger partial charge is 0.318 e. The van der Waals surface area contributed by atoms with E-state index in [2.05, 4.69) is 15.1 Å². The van der Waals surface area contributed by atoms with Crippen LogP contribution >= 0.6 is 11.6 Å². The van der Waals surface area contributed by atoms with Gasteiger partial charge >= 0.3 is 0 Å². The third-order valence-electron chi connectivity index (χ3n) is 3.59. The van der Waals surface area contributed by atoms with Crippen LogP contribution in [0.2, 0.25) is 5.02 Å². The molecule has 0 saturated carbocycles. The van der Waals surface area contributed by atoms with Crippen molar-refractivity contribution in [3.8, 4) is 0 Å². The molecule has 106 valence electrons. The van der Waals surface area contributed by atoms with E-state index in [-0.39, 0.29) is 5.82 Å². The van der Waals surface area contributed by atoms with Crippen LogP contribution in [0.25, 0.3) is 0 Å². The maximum atomic E-state index is 13.7. The molecule has 0 atom stereocenters. The summed E-state index contributed by atoms with van der Waals surface area (Å²) in [5.74, 6) is -0.204. The molecule has 0 unspecified atom stereocenters. The SMILES string of the molecule is CNCCN1CCN(Cc2c(F)cccc2Cl)CC1. The van der Waals surface area contributed by atoms with Gasteiger partial charge in [-0.25, -0.2) is 4.39 Å². The lowest BCUT2D eigenvalue weighted by atomic mass is 10.2. The Morgan fingerprint density at radius 1 is 1.21 bits per heavy atom. The third kappa shape index (κ3) is 4.14. The van der Waals surface area contributed by atoms with Crippen molar-refractivity contribution in [3.05, 3.63) is 34.6 Å². The normalized spacial score (nSPS) is 17.8. The van der Waals surface area contributed by atoms with Gasteiger partial charge in [-0.15, -0.1) is 0 Å². The van der Waals surface area contributed by atoms with E-state index in [4.69, 9.17) is 11.6 Å². The summed E-state index contributed by atoms with van der Waals surface area (Å²) in [5.41, 5.74) is 0.618. The molecule has 1 N–H and O–H groups in total. The predicted molar refractivity (Wildman–Crippen MR) is 77.1 cm³/mol. The number of piperazine rings is 1. The number of nitrogens with one attached hydrogen (secondary N) is 1. The Balaban J connectivity index is 1.85. The Bertz CT molecular complexity index is 385. The second kappa shape index (κ2) is 7.20. The van der Waals surface area contributed by atoms with Crippen LogP contribution in [0, 0.1) is 5.82 Å². The Morgan fingerprint density at radius 3 is 2.53 bits per heavy atom. The zero-order valence-corrected chi connectivity index (χ0v) is 12.1. The van der Waals surface area contributed by atoms with Crippen LogP contribution in [0.5, 0.6) is 0 Å². The van der Waals surface area contributed by atoms with Crippen molar-refractivity contribution in [1.82, 2.24) is 15.1 Å². The van der Waals surface area contributed by atoms with Gasteiger partial charge in [-0.2, -0.15) is 0 Å². The number of likely N-dealkylation sites (N-methyl/N-ethyl adjacent to an activating group) is 1. The van der Waals surface area contributed by atoms with Gasteiger partial charge in [0.05, 0.1) is 0 Å². The van der Waals surface area contributed by atoms with Crippen molar-refractivity contribution in [2.45, 2.75) is 6.54 Å². The zero-order valence-electron chi connectivity index (χ0n) is 11.3. The minimum atomic E-state index is -0.204. The third-order valence-corrected chi connectivity index (χ3v) is 3.94. The van der Waals surface area contributed by atoms with E-state index in [1.165, 1.54) is 6.07 Å². The Morgan fingerprint density at radius 2 is 1.89 bits per heavy atom. The minimum absolute atomic E-state index is 0.204. The lowest BCUT2D eigenvalue weighted by molar-refractivity contribution is 0.127. The van der Waals surface area contributed by atoms with Gasteiger partial charge in [0.2, 0.25) is 0 Å². The van der Waals surface area contributed by atoms with Crippen molar-refractivity contribution in [1.29, 1.82) is 0 Å². The highest BCUT2D eigenvalue weighted by Crippen LogP contribution is 2.21. The van der Waals surface area contributed by atoms with Crippen molar-refractivity contribution < 1.29 is 4.39 Å². The summed E-state index contributed by atoms with van der Waals surface area (Å²) in [4.78, 5) is 4.69. The molecule has 0 spiro atoms. The highest BCUT2D eigenvalue weighted by atomic mass is 35.5. The summed E-state index contributed by atoms with van der Waals surface area (Å²) in [7, 11) is 1.97. The zero-order chi connectivity index (χ0) is 13.7. The van der Waals surface area contributed by atoms with E-state index < -0.39 is 0 Å². The Labute approximate surface area is 119 Å². The number of halogens is 2. The number of nitrogens with zero attached hydrogens (tertiary/aromatic N) is 2. The van der Waals surface area contributed by atoms with Crippen LogP contribution < -0.4 is 5.32 Å². The molecule has 1 saturated heterocycles. The highest BCUT2D eigenvalue weighted by molar-refractivity contribution is 6.31. The standard InChI is InChI=1S/C14H21ClFN3/c1-17-5-6-18-7-9-19(10-8-18)11-12-13(15)3-2-4-14(12)16/h2-4,17H,5-11H2,1H3. The predicted octanol–water partition coefficient (Wildman–Crippen LogP) is 1.82. The van der Waals surface area contributed by atoms with E-state index in [9.17, 15) is 4.39 Å². The van der Waals surface area contributed by atoms with Crippen LogP contribution in [0.15, 0.2) is 18.2 Å². The van der Waals surface area contributed by atoms with Crippen LogP contribution in [0.3, 0.4) is 0 Å². The van der Waals surface area contributed by atoms with Gasteiger partial charge in [-0.3, -0.25) is 9.80 Å². The van der Waals surface area contributed by atoms with Gasteiger partial charge in [-0.05, 0) is 19.2 Å². The van der Waals surface area contributed by atoms with Gasteiger partial charge < -0.3 is 5.32 Å². The maximum absolute atomic E-state index is 13.7. The molecule has 0 radical (unpaired) electrons. The lowest BCUT2D eigenvalue weighted by Crippen LogP contribution is -2.47. The lowest BCUT2D eigenvalue weighted by Gasteiger charge is -2.34. The number of hydrogen-bond donors (Lipinski definition) is 1. The molecule has 1 aromatic carbocycles. The molecule has 0 aliphatic carbocycles. The van der Waals surface area contributed by atoms with E-state index in [1.807, 2.05) is 7.05 Å². The number of rotatable bonds is 5. The van der Waals surface area contributed by atoms with Crippen LogP contribution in [0.4, 0.5) is 4.39 Å². The van der Waals surface area contributed by atoms with Gasteiger partial charge in [0, 0.05) is 56.4 Å². The van der Waals surface area contributed by atoms with E-state index >= 15 is 0 Å². The summed E-state index contributed by atoms with van der Waals surface area (Å²) in [5, 5.41) is 3.68. The molecule has 0 bridgehead atoms. The molecule has 1 aromatic rings. The molecule has 2 rings (SSSR count). The molecule has 19 heavy (non-hydrogen) atoms. The monoisotopic (exact) mass is 285 g/mol. The highest BCUT2D eigenvalue weighted by Gasteiger charge is 2.18. The first-order valence-corrected chi connectivity index (χ1v) is 7.10. The molecule has 5 heteroatoms. The summed E-state index contributed by atoms with van der Waals surface area (Å²) >= 11 is 6.06. The average Bonchev–Trinajstić information content (AvgIpc) is 2.42. The maximum Gasteiger partial charge on any atom is 0.129 e. The van der Waals surface area contributed by atoms with Gasteiger partial charge in [-0.1, -0.05) is 17.7 Å². The van der Waals surface area contributed by atoms with E-state index in [1.54, 1.807) is 12.1 Å². The van der Waals surface area contributed by atoms with Crippen LogP contribution in [-0.4, -0.2) is 56.1 Å². The second-order valence-corrected chi connectivity index (χ2v) is 5.33. The summed E-state index contributed by atoms with van der Waals surface area (Å²) < 4.78 is 13.7. The van der Waals surface area contributed by atoms with Crippen LogP contribution in [-0.2, 0) is 6.54 Å². The molecular weight excluding hydrogens is 265 g/mol. The fourth-order valence-corrected chi connectivity index (χ4v) is 2.57. The van der Waals surface area contributed by atoms with E-state index in [0.717, 1.165) is 39.3 Å². The molecule has 1 aliphatic heterocycles.